The van der Waals surface area contributed by atoms with Crippen LogP contribution in [0, 0.1) is 5.92 Å². The molecule has 2 amide bonds. The fourth-order valence-electron chi connectivity index (χ4n) is 6.56. The molecule has 0 radical (unpaired) electrons. The number of likely N-dealkylation sites (N-methyl/N-ethyl adjacent to an activating group) is 1. The lowest BCUT2D eigenvalue weighted by Crippen LogP contribution is -2.48. The number of piperazine rings is 1. The van der Waals surface area contributed by atoms with Crippen molar-refractivity contribution in [2.45, 2.75) is 66.5 Å². The third-order valence-corrected chi connectivity index (χ3v) is 9.61. The van der Waals surface area contributed by atoms with Gasteiger partial charge < -0.3 is 29.5 Å². The van der Waals surface area contributed by atoms with Gasteiger partial charge >= 0.3 is 0 Å². The molecule has 0 aliphatic carbocycles. The number of nitrogens with one attached hydrogen (secondary N) is 1. The molecule has 3 aromatic rings. The lowest BCUT2D eigenvalue weighted by atomic mass is 9.95. The van der Waals surface area contributed by atoms with Crippen molar-refractivity contribution in [1.29, 1.82) is 0 Å². The highest BCUT2D eigenvalue weighted by atomic mass is 16.5. The van der Waals surface area contributed by atoms with Crippen LogP contribution in [-0.4, -0.2) is 134 Å². The summed E-state index contributed by atoms with van der Waals surface area (Å²) in [4.78, 5) is 35.6. The Morgan fingerprint density at radius 3 is 2.21 bits per heavy atom. The predicted octanol–water partition coefficient (Wildman–Crippen LogP) is 5.03. The maximum absolute atomic E-state index is 13.8. The van der Waals surface area contributed by atoms with E-state index in [1.165, 1.54) is 0 Å². The molecule has 53 heavy (non-hydrogen) atoms. The van der Waals surface area contributed by atoms with Gasteiger partial charge in [0.2, 0.25) is 11.8 Å². The first-order valence-corrected chi connectivity index (χ1v) is 19.7. The molecule has 0 unspecified atom stereocenters. The van der Waals surface area contributed by atoms with Crippen LogP contribution in [0.5, 0.6) is 0 Å². The first-order chi connectivity index (χ1) is 25.8. The Kier molecular flexibility index (Phi) is 17.9. The molecule has 1 saturated heterocycles. The van der Waals surface area contributed by atoms with Crippen LogP contribution in [0.15, 0.2) is 48.5 Å². The Labute approximate surface area is 317 Å². The van der Waals surface area contributed by atoms with Crippen LogP contribution < -0.4 is 10.2 Å². The van der Waals surface area contributed by atoms with E-state index in [-0.39, 0.29) is 24.7 Å². The van der Waals surface area contributed by atoms with Gasteiger partial charge in [-0.2, -0.15) is 0 Å². The monoisotopic (exact) mass is 733 g/mol. The van der Waals surface area contributed by atoms with Crippen LogP contribution in [0.3, 0.4) is 0 Å². The zero-order chi connectivity index (χ0) is 38.0. The van der Waals surface area contributed by atoms with Gasteiger partial charge in [-0.25, -0.2) is 4.68 Å². The van der Waals surface area contributed by atoms with E-state index >= 15 is 0 Å². The molecular formula is C41H64N8O4. The summed E-state index contributed by atoms with van der Waals surface area (Å²) in [7, 11) is 4.26. The molecule has 2 aliphatic heterocycles. The highest BCUT2D eigenvalue weighted by Gasteiger charge is 2.29. The molecule has 2 aromatic carbocycles. The van der Waals surface area contributed by atoms with Crippen molar-refractivity contribution in [1.82, 2.24) is 35.0 Å². The van der Waals surface area contributed by atoms with Gasteiger partial charge in [-0.1, -0.05) is 75.4 Å². The molecule has 3 heterocycles. The number of aryl methyl sites for hydroxylation is 1. The van der Waals surface area contributed by atoms with Crippen LogP contribution in [0.25, 0.3) is 22.5 Å². The molecule has 1 aromatic heterocycles. The molecule has 0 atom stereocenters. The summed E-state index contributed by atoms with van der Waals surface area (Å²) in [5.41, 5.74) is 5.46. The second-order valence-corrected chi connectivity index (χ2v) is 14.3. The third kappa shape index (κ3) is 13.0. The molecule has 0 bridgehead atoms. The highest BCUT2D eigenvalue weighted by Crippen LogP contribution is 2.41. The Hall–Kier alpha value is -3.68. The van der Waals surface area contributed by atoms with Crippen molar-refractivity contribution in [3.63, 3.8) is 0 Å². The lowest BCUT2D eigenvalue weighted by Gasteiger charge is -2.35. The van der Waals surface area contributed by atoms with Gasteiger partial charge in [0.25, 0.3) is 0 Å². The van der Waals surface area contributed by atoms with Crippen molar-refractivity contribution in [2.75, 3.05) is 97.8 Å². The predicted molar refractivity (Wildman–Crippen MR) is 213 cm³/mol. The summed E-state index contributed by atoms with van der Waals surface area (Å²) in [6.07, 6.45) is 2.20. The number of ether oxygens (including phenoxy) is 2. The largest absolute Gasteiger partial charge is 0.379 e. The minimum Gasteiger partial charge on any atom is -0.379 e. The second kappa shape index (κ2) is 22.5. The van der Waals surface area contributed by atoms with Crippen molar-refractivity contribution in [2.24, 2.45) is 5.92 Å². The maximum atomic E-state index is 13.8. The average molecular weight is 733 g/mol. The second-order valence-electron chi connectivity index (χ2n) is 14.3. The normalized spacial score (nSPS) is 14.5. The van der Waals surface area contributed by atoms with Crippen molar-refractivity contribution in [3.05, 3.63) is 54.1 Å². The number of nitrogens with zero attached hydrogens (tertiary/aromatic N) is 7. The van der Waals surface area contributed by atoms with Crippen LogP contribution in [-0.2, 0) is 32.2 Å². The standard InChI is InChI=1S/C39H58N8O4.C2H6/c1-31(2)16-26-50-28-29-51-27-17-40-36(48)14-15-37(49)46-30-32-10-5-6-11-33(32)39-38(34-12-7-8-13-35(34)46)41-42-47(39)19-9-18-44-22-24-45(25-23-44)21-20-43(3)4;1-2/h5-8,10-13,31H,9,14-30H2,1-4H3,(H,40,48);1-2H3. The number of anilines is 1. The number of benzene rings is 2. The van der Waals surface area contributed by atoms with Gasteiger partial charge in [-0.05, 0) is 44.5 Å². The summed E-state index contributed by atoms with van der Waals surface area (Å²) >= 11 is 0. The van der Waals surface area contributed by atoms with Gasteiger partial charge in [-0.15, -0.1) is 5.10 Å². The number of para-hydroxylation sites is 1. The Balaban J connectivity index is 0.00000308. The Bertz CT molecular complexity index is 1540. The van der Waals surface area contributed by atoms with E-state index < -0.39 is 0 Å². The van der Waals surface area contributed by atoms with E-state index in [0.29, 0.717) is 38.8 Å². The van der Waals surface area contributed by atoms with Crippen molar-refractivity contribution >= 4 is 17.5 Å². The summed E-state index contributed by atoms with van der Waals surface area (Å²) in [5, 5.41) is 12.3. The van der Waals surface area contributed by atoms with Gasteiger partial charge in [0.05, 0.1) is 37.7 Å². The number of fused-ring (bicyclic) bond motifs is 5. The van der Waals surface area contributed by atoms with Crippen LogP contribution >= 0.6 is 0 Å². The Morgan fingerprint density at radius 1 is 0.830 bits per heavy atom. The van der Waals surface area contributed by atoms with E-state index in [1.54, 1.807) is 4.90 Å². The van der Waals surface area contributed by atoms with Crippen molar-refractivity contribution in [3.8, 4) is 22.5 Å². The molecule has 12 nitrogen and oxygen atoms in total. The van der Waals surface area contributed by atoms with Crippen LogP contribution in [0.2, 0.25) is 0 Å². The van der Waals surface area contributed by atoms with Crippen LogP contribution in [0.4, 0.5) is 5.69 Å². The summed E-state index contributed by atoms with van der Waals surface area (Å²) in [5.74, 6) is 0.338. The lowest BCUT2D eigenvalue weighted by molar-refractivity contribution is -0.125. The summed E-state index contributed by atoms with van der Waals surface area (Å²) < 4.78 is 13.2. The number of hydrogen-bond acceptors (Lipinski definition) is 9. The third-order valence-electron chi connectivity index (χ3n) is 9.61. The van der Waals surface area contributed by atoms with E-state index in [0.717, 1.165) is 106 Å². The molecule has 5 rings (SSSR count). The highest BCUT2D eigenvalue weighted by molar-refractivity contribution is 6.01. The van der Waals surface area contributed by atoms with Gasteiger partial charge in [0.1, 0.15) is 5.69 Å². The number of hydrogen-bond donors (Lipinski definition) is 1. The minimum absolute atomic E-state index is 0.0936. The van der Waals surface area contributed by atoms with Crippen molar-refractivity contribution < 1.29 is 19.1 Å². The average Bonchev–Trinajstić information content (AvgIpc) is 3.58. The molecule has 1 fully saturated rings. The van der Waals surface area contributed by atoms with E-state index in [9.17, 15) is 9.59 Å². The molecule has 1 N–H and O–H groups in total. The number of carbonyl (C=O) groups is 2. The SMILES string of the molecule is CC.CC(C)CCOCCOCCNC(=O)CCC(=O)N1Cc2ccccc2-c2c(nnn2CCCN2CCN(CCN(C)C)CC2)-c2ccccc21. The molecule has 12 heteroatoms. The zero-order valence-electron chi connectivity index (χ0n) is 33.2. The molecule has 0 saturated carbocycles. The van der Waals surface area contributed by atoms with E-state index in [1.807, 2.05) is 54.9 Å². The fraction of sp³-hybridized carbons (Fsp3) is 0.610. The molecular weight excluding hydrogens is 669 g/mol. The van der Waals surface area contributed by atoms with E-state index in [4.69, 9.17) is 14.6 Å². The minimum atomic E-state index is -0.169. The summed E-state index contributed by atoms with van der Waals surface area (Å²) in [6, 6.07) is 16.1. The van der Waals surface area contributed by atoms with Gasteiger partial charge in [0.15, 0.2) is 0 Å². The van der Waals surface area contributed by atoms with E-state index in [2.05, 4.69) is 65.3 Å². The van der Waals surface area contributed by atoms with Crippen LogP contribution in [0.1, 0.15) is 58.9 Å². The number of rotatable bonds is 19. The van der Waals surface area contributed by atoms with Gasteiger partial charge in [0, 0.05) is 89.5 Å². The summed E-state index contributed by atoms with van der Waals surface area (Å²) in [6.45, 7) is 19.7. The molecule has 0 spiro atoms. The Morgan fingerprint density at radius 2 is 1.49 bits per heavy atom. The number of amides is 2. The first kappa shape index (κ1) is 42.1. The first-order valence-electron chi connectivity index (χ1n) is 19.7. The molecule has 292 valence electrons. The maximum Gasteiger partial charge on any atom is 0.227 e. The zero-order valence-corrected chi connectivity index (χ0v) is 33.2. The smallest absolute Gasteiger partial charge is 0.227 e. The number of aromatic nitrogens is 3. The topological polar surface area (TPSA) is 108 Å². The fourth-order valence-corrected chi connectivity index (χ4v) is 6.56. The number of carbonyl (C=O) groups excluding carboxylic acids is 2. The quantitative estimate of drug-likeness (QED) is 0.170. The molecule has 2 aliphatic rings. The van der Waals surface area contributed by atoms with Gasteiger partial charge in [-0.3, -0.25) is 14.5 Å².